The van der Waals surface area contributed by atoms with Crippen molar-refractivity contribution in [2.75, 3.05) is 37.9 Å². The molecular weight excluding hydrogens is 533 g/mol. The van der Waals surface area contributed by atoms with Gasteiger partial charge in [0.2, 0.25) is 11.6 Å². The molecule has 0 aliphatic heterocycles. The zero-order valence-electron chi connectivity index (χ0n) is 23.5. The molecule has 5 aromatic rings. The van der Waals surface area contributed by atoms with Crippen molar-refractivity contribution in [2.45, 2.75) is 12.6 Å². The minimum atomic E-state index is -0.294. The van der Waals surface area contributed by atoms with Crippen LogP contribution in [0.15, 0.2) is 108 Å². The summed E-state index contributed by atoms with van der Waals surface area (Å²) in [5.41, 5.74) is 4.58. The molecule has 0 spiro atoms. The van der Waals surface area contributed by atoms with Crippen LogP contribution in [-0.4, -0.2) is 48.0 Å². The first-order chi connectivity index (χ1) is 20.5. The van der Waals surface area contributed by atoms with Gasteiger partial charge in [0.25, 0.3) is 0 Å². The first-order valence-electron chi connectivity index (χ1n) is 13.5. The van der Waals surface area contributed by atoms with Gasteiger partial charge < -0.3 is 24.7 Å². The van der Waals surface area contributed by atoms with Gasteiger partial charge >= 0.3 is 0 Å². The molecule has 5 rings (SSSR count). The lowest BCUT2D eigenvalue weighted by molar-refractivity contribution is -0.111. The van der Waals surface area contributed by atoms with Gasteiger partial charge in [-0.25, -0.2) is 14.4 Å². The van der Waals surface area contributed by atoms with Crippen LogP contribution >= 0.6 is 0 Å². The number of likely N-dealkylation sites (N-methyl/N-ethyl adjacent to an activating group) is 1. The fourth-order valence-corrected chi connectivity index (χ4v) is 4.48. The summed E-state index contributed by atoms with van der Waals surface area (Å²) in [6.45, 7) is 1.27. The second-order valence-corrected chi connectivity index (χ2v) is 10.0. The Kier molecular flexibility index (Phi) is 9.33. The van der Waals surface area contributed by atoms with E-state index in [2.05, 4.69) is 20.6 Å². The summed E-state index contributed by atoms with van der Waals surface area (Å²) >= 11 is 0. The minimum Gasteiger partial charge on any atom is -0.445 e. The number of hydrogen-bond donors (Lipinski definition) is 2. The van der Waals surface area contributed by atoms with Gasteiger partial charge in [-0.3, -0.25) is 4.79 Å². The Balaban J connectivity index is 1.35. The Morgan fingerprint density at radius 2 is 1.86 bits per heavy atom. The number of carbonyl (C=O) groups excluding carboxylic acids is 1. The van der Waals surface area contributed by atoms with Gasteiger partial charge in [-0.15, -0.1) is 0 Å². The molecule has 0 radical (unpaired) electrons. The molecule has 2 aromatic heterocycles. The van der Waals surface area contributed by atoms with Crippen LogP contribution in [0.2, 0.25) is 0 Å². The number of hydrogen-bond acceptors (Lipinski definition) is 7. The highest BCUT2D eigenvalue weighted by Gasteiger charge is 2.19. The Bertz CT molecular complexity index is 1650. The SMILES string of the molecule is CN(C)CC=CC(=O)Nc1ccc(-c2coc3ncnc(N[C@H](COCc4cccc(F)c4)c4ccccc4)c23)cc1. The number of ether oxygens (including phenoxy) is 1. The summed E-state index contributed by atoms with van der Waals surface area (Å²) in [5.74, 6) is 0.108. The van der Waals surface area contributed by atoms with E-state index in [1.165, 1.54) is 24.5 Å². The zero-order valence-corrected chi connectivity index (χ0v) is 23.5. The van der Waals surface area contributed by atoms with Crippen LogP contribution in [0.1, 0.15) is 17.2 Å². The van der Waals surface area contributed by atoms with Gasteiger partial charge in [0.15, 0.2) is 0 Å². The lowest BCUT2D eigenvalue weighted by Crippen LogP contribution is -2.18. The van der Waals surface area contributed by atoms with Gasteiger partial charge in [-0.1, -0.05) is 60.7 Å². The number of rotatable bonds is 12. The number of benzene rings is 3. The molecule has 0 saturated heterocycles. The molecule has 214 valence electrons. The molecule has 0 bridgehead atoms. The van der Waals surface area contributed by atoms with Gasteiger partial charge in [-0.05, 0) is 55.1 Å². The third kappa shape index (κ3) is 7.45. The minimum absolute atomic E-state index is 0.190. The van der Waals surface area contributed by atoms with E-state index in [-0.39, 0.29) is 24.4 Å². The van der Waals surface area contributed by atoms with Gasteiger partial charge in [0.05, 0.1) is 24.6 Å². The van der Waals surface area contributed by atoms with Crippen molar-refractivity contribution in [3.8, 4) is 11.1 Å². The third-order valence-corrected chi connectivity index (χ3v) is 6.53. The molecule has 42 heavy (non-hydrogen) atoms. The van der Waals surface area contributed by atoms with Crippen molar-refractivity contribution in [1.29, 1.82) is 0 Å². The van der Waals surface area contributed by atoms with E-state index < -0.39 is 0 Å². The number of furan rings is 1. The quantitative estimate of drug-likeness (QED) is 0.168. The van der Waals surface area contributed by atoms with Crippen LogP contribution in [0.4, 0.5) is 15.9 Å². The number of fused-ring (bicyclic) bond motifs is 1. The molecule has 0 aliphatic rings. The highest BCUT2D eigenvalue weighted by Crippen LogP contribution is 2.35. The molecule has 9 heteroatoms. The second-order valence-electron chi connectivity index (χ2n) is 10.0. The fourth-order valence-electron chi connectivity index (χ4n) is 4.48. The van der Waals surface area contributed by atoms with Crippen LogP contribution < -0.4 is 10.6 Å². The average molecular weight is 566 g/mol. The summed E-state index contributed by atoms with van der Waals surface area (Å²) in [7, 11) is 3.88. The largest absolute Gasteiger partial charge is 0.445 e. The molecule has 2 heterocycles. The Hall–Kier alpha value is -4.86. The summed E-state index contributed by atoms with van der Waals surface area (Å²) in [5, 5.41) is 7.12. The topological polar surface area (TPSA) is 92.5 Å². The summed E-state index contributed by atoms with van der Waals surface area (Å²) < 4.78 is 25.4. The predicted molar refractivity (Wildman–Crippen MR) is 162 cm³/mol. The number of carbonyl (C=O) groups is 1. The lowest BCUT2D eigenvalue weighted by Gasteiger charge is -2.20. The summed E-state index contributed by atoms with van der Waals surface area (Å²) in [6.07, 6.45) is 6.44. The molecule has 1 amide bonds. The van der Waals surface area contributed by atoms with Crippen molar-refractivity contribution in [3.63, 3.8) is 0 Å². The van der Waals surface area contributed by atoms with Gasteiger partial charge in [0, 0.05) is 23.9 Å². The normalized spacial score (nSPS) is 12.2. The molecule has 1 atom stereocenters. The van der Waals surface area contributed by atoms with E-state index in [0.717, 1.165) is 27.6 Å². The van der Waals surface area contributed by atoms with E-state index in [9.17, 15) is 9.18 Å². The smallest absolute Gasteiger partial charge is 0.248 e. The first-order valence-corrected chi connectivity index (χ1v) is 13.5. The van der Waals surface area contributed by atoms with Crippen molar-refractivity contribution in [1.82, 2.24) is 14.9 Å². The van der Waals surface area contributed by atoms with Gasteiger partial charge in [0.1, 0.15) is 24.2 Å². The lowest BCUT2D eigenvalue weighted by atomic mass is 10.0. The average Bonchev–Trinajstić information content (AvgIpc) is 3.43. The number of amides is 1. The van der Waals surface area contributed by atoms with E-state index in [0.29, 0.717) is 30.4 Å². The molecule has 0 aliphatic carbocycles. The predicted octanol–water partition coefficient (Wildman–Crippen LogP) is 6.46. The highest BCUT2D eigenvalue weighted by molar-refractivity contribution is 6.01. The third-order valence-electron chi connectivity index (χ3n) is 6.53. The molecule has 0 saturated carbocycles. The maximum absolute atomic E-state index is 13.6. The van der Waals surface area contributed by atoms with Crippen LogP contribution in [0, 0.1) is 5.82 Å². The molecule has 8 nitrogen and oxygen atoms in total. The fraction of sp³-hybridized carbons (Fsp3) is 0.182. The highest BCUT2D eigenvalue weighted by atomic mass is 19.1. The van der Waals surface area contributed by atoms with Crippen molar-refractivity contribution in [3.05, 3.63) is 121 Å². The molecule has 3 aromatic carbocycles. The first kappa shape index (κ1) is 28.7. The molecular formula is C33H32FN5O3. The van der Waals surface area contributed by atoms with E-state index >= 15 is 0 Å². The van der Waals surface area contributed by atoms with Crippen molar-refractivity contribution >= 4 is 28.5 Å². The second kappa shape index (κ2) is 13.7. The van der Waals surface area contributed by atoms with E-state index in [1.54, 1.807) is 12.3 Å². The van der Waals surface area contributed by atoms with Crippen molar-refractivity contribution < 1.29 is 18.3 Å². The van der Waals surface area contributed by atoms with Crippen LogP contribution in [0.3, 0.4) is 0 Å². The number of anilines is 2. The van der Waals surface area contributed by atoms with Crippen LogP contribution in [-0.2, 0) is 16.1 Å². The number of nitrogens with one attached hydrogen (secondary N) is 2. The molecule has 0 unspecified atom stereocenters. The monoisotopic (exact) mass is 565 g/mol. The summed E-state index contributed by atoms with van der Waals surface area (Å²) in [4.78, 5) is 23.1. The van der Waals surface area contributed by atoms with Crippen LogP contribution in [0.5, 0.6) is 0 Å². The maximum atomic E-state index is 13.6. The number of nitrogens with zero attached hydrogens (tertiary/aromatic N) is 3. The number of halogens is 1. The number of aromatic nitrogens is 2. The van der Waals surface area contributed by atoms with Crippen molar-refractivity contribution in [2.24, 2.45) is 0 Å². The summed E-state index contributed by atoms with van der Waals surface area (Å²) in [6, 6.07) is 23.6. The Morgan fingerprint density at radius 3 is 2.62 bits per heavy atom. The van der Waals surface area contributed by atoms with Gasteiger partial charge in [-0.2, -0.15) is 0 Å². The Morgan fingerprint density at radius 1 is 1.05 bits per heavy atom. The van der Waals surface area contributed by atoms with E-state index in [4.69, 9.17) is 9.15 Å². The zero-order chi connectivity index (χ0) is 29.3. The Labute approximate surface area is 243 Å². The van der Waals surface area contributed by atoms with Crippen LogP contribution in [0.25, 0.3) is 22.2 Å². The maximum Gasteiger partial charge on any atom is 0.248 e. The standard InChI is InChI=1S/C33H32FN5O3/c1-39(2)17-7-12-30(40)37-27-15-13-24(14-16-27)28-20-42-33-31(28)32(35-22-36-33)38-29(25-9-4-3-5-10-25)21-41-19-23-8-6-11-26(34)18-23/h3-16,18,20,22,29H,17,19,21H2,1-2H3,(H,37,40)(H,35,36,38)/t29-/m1/s1. The molecule has 2 N–H and O–H groups in total. The van der Waals surface area contributed by atoms with E-state index in [1.807, 2.05) is 85.7 Å². The molecule has 0 fully saturated rings.